The number of carbonyl (C=O) groups excluding carboxylic acids is 1. The predicted molar refractivity (Wildman–Crippen MR) is 68.7 cm³/mol. The minimum atomic E-state index is -0.175. The topological polar surface area (TPSA) is 72.1 Å². The van der Waals surface area contributed by atoms with Crippen molar-refractivity contribution in [2.75, 3.05) is 6.54 Å². The number of aromatic nitrogens is 2. The molecule has 5 nitrogen and oxygen atoms in total. The van der Waals surface area contributed by atoms with Gasteiger partial charge in [0.15, 0.2) is 0 Å². The number of nitrogens with zero attached hydrogens (tertiary/aromatic N) is 3. The summed E-state index contributed by atoms with van der Waals surface area (Å²) in [5.41, 5.74) is 6.94. The van der Waals surface area contributed by atoms with Crippen LogP contribution in [0, 0.1) is 12.8 Å². The van der Waals surface area contributed by atoms with Gasteiger partial charge in [-0.15, -0.1) is 0 Å². The molecule has 1 aromatic rings. The van der Waals surface area contributed by atoms with Crippen molar-refractivity contribution < 1.29 is 4.79 Å². The summed E-state index contributed by atoms with van der Waals surface area (Å²) in [4.78, 5) is 22.3. The highest BCUT2D eigenvalue weighted by Crippen LogP contribution is 2.31. The second kappa shape index (κ2) is 5.02. The van der Waals surface area contributed by atoms with Gasteiger partial charge in [0, 0.05) is 25.2 Å². The van der Waals surface area contributed by atoms with Crippen LogP contribution in [0.2, 0.25) is 0 Å². The summed E-state index contributed by atoms with van der Waals surface area (Å²) in [6.07, 6.45) is 2.13. The number of likely N-dealkylation sites (tertiary alicyclic amines) is 1. The van der Waals surface area contributed by atoms with E-state index >= 15 is 0 Å². The van der Waals surface area contributed by atoms with E-state index in [-0.39, 0.29) is 18.0 Å². The smallest absolute Gasteiger partial charge is 0.224 e. The number of rotatable bonds is 3. The highest BCUT2D eigenvalue weighted by molar-refractivity contribution is 5.80. The zero-order valence-electron chi connectivity index (χ0n) is 11.1. The van der Waals surface area contributed by atoms with E-state index in [4.69, 9.17) is 5.73 Å². The maximum atomic E-state index is 12.0. The molecule has 1 aliphatic rings. The number of aryl methyl sites for hydroxylation is 1. The summed E-state index contributed by atoms with van der Waals surface area (Å²) in [6, 6.07) is 1.57. The van der Waals surface area contributed by atoms with Crippen molar-refractivity contribution in [2.45, 2.75) is 39.3 Å². The van der Waals surface area contributed by atoms with Gasteiger partial charge in [-0.05, 0) is 18.9 Å². The van der Waals surface area contributed by atoms with Gasteiger partial charge in [0.2, 0.25) is 5.91 Å². The molecule has 0 bridgehead atoms. The van der Waals surface area contributed by atoms with Crippen LogP contribution in [0.25, 0.3) is 0 Å². The highest BCUT2D eigenvalue weighted by atomic mass is 16.2. The number of hydrogen-bond acceptors (Lipinski definition) is 4. The predicted octanol–water partition coefficient (Wildman–Crippen LogP) is 1.04. The molecule has 98 valence electrons. The first-order chi connectivity index (χ1) is 8.49. The molecule has 1 aliphatic heterocycles. The van der Waals surface area contributed by atoms with Gasteiger partial charge in [0.1, 0.15) is 5.82 Å². The lowest BCUT2D eigenvalue weighted by Gasteiger charge is -2.28. The lowest BCUT2D eigenvalue weighted by Crippen LogP contribution is -2.36. The Labute approximate surface area is 107 Å². The Kier molecular flexibility index (Phi) is 3.61. The molecular weight excluding hydrogens is 228 g/mol. The van der Waals surface area contributed by atoms with Gasteiger partial charge in [0.05, 0.1) is 11.7 Å². The van der Waals surface area contributed by atoms with Crippen molar-refractivity contribution in [3.63, 3.8) is 0 Å². The van der Waals surface area contributed by atoms with Crippen LogP contribution in [0.15, 0.2) is 12.3 Å². The summed E-state index contributed by atoms with van der Waals surface area (Å²) in [7, 11) is 0. The van der Waals surface area contributed by atoms with Gasteiger partial charge < -0.3 is 10.6 Å². The Morgan fingerprint density at radius 1 is 1.56 bits per heavy atom. The van der Waals surface area contributed by atoms with Gasteiger partial charge in [-0.25, -0.2) is 9.97 Å². The molecule has 1 aromatic heterocycles. The molecule has 1 saturated heterocycles. The summed E-state index contributed by atoms with van der Waals surface area (Å²) in [5, 5.41) is 0. The third-order valence-electron chi connectivity index (χ3n) is 3.13. The maximum Gasteiger partial charge on any atom is 0.224 e. The molecule has 0 saturated carbocycles. The summed E-state index contributed by atoms with van der Waals surface area (Å²) in [6.45, 7) is 6.76. The molecule has 2 heterocycles. The van der Waals surface area contributed by atoms with Crippen LogP contribution < -0.4 is 5.73 Å². The van der Waals surface area contributed by atoms with Crippen molar-refractivity contribution in [3.8, 4) is 0 Å². The molecule has 1 amide bonds. The first-order valence-corrected chi connectivity index (χ1v) is 6.33. The quantitative estimate of drug-likeness (QED) is 0.867. The second-order valence-electron chi connectivity index (χ2n) is 5.28. The van der Waals surface area contributed by atoms with Crippen LogP contribution >= 0.6 is 0 Å². The standard InChI is InChI=1S/C13H20N4O/c1-8(2)7-17-12(18)6-10(14)13(17)11-4-5-15-9(3)16-11/h4-5,8,10,13H,6-7,14H2,1-3H3. The molecule has 1 fully saturated rings. The number of hydrogen-bond donors (Lipinski definition) is 1. The van der Waals surface area contributed by atoms with Gasteiger partial charge >= 0.3 is 0 Å². The fourth-order valence-electron chi connectivity index (χ4n) is 2.44. The lowest BCUT2D eigenvalue weighted by molar-refractivity contribution is -0.129. The average molecular weight is 248 g/mol. The van der Waals surface area contributed by atoms with Crippen LogP contribution in [-0.2, 0) is 4.79 Å². The third-order valence-corrected chi connectivity index (χ3v) is 3.13. The Morgan fingerprint density at radius 2 is 2.28 bits per heavy atom. The van der Waals surface area contributed by atoms with E-state index < -0.39 is 0 Å². The van der Waals surface area contributed by atoms with Crippen LogP contribution in [0.5, 0.6) is 0 Å². The van der Waals surface area contributed by atoms with E-state index in [9.17, 15) is 4.79 Å². The molecule has 5 heteroatoms. The molecular formula is C13H20N4O. The molecule has 2 unspecified atom stereocenters. The van der Waals surface area contributed by atoms with Crippen LogP contribution in [0.4, 0.5) is 0 Å². The fourth-order valence-corrected chi connectivity index (χ4v) is 2.44. The summed E-state index contributed by atoms with van der Waals surface area (Å²) in [5.74, 6) is 1.26. The molecule has 0 spiro atoms. The Morgan fingerprint density at radius 3 is 2.89 bits per heavy atom. The average Bonchev–Trinajstić information content (AvgIpc) is 2.53. The zero-order chi connectivity index (χ0) is 13.3. The summed E-state index contributed by atoms with van der Waals surface area (Å²) < 4.78 is 0. The Bertz CT molecular complexity index is 446. The third kappa shape index (κ3) is 2.51. The number of carbonyl (C=O) groups is 1. The van der Waals surface area contributed by atoms with E-state index in [2.05, 4.69) is 23.8 Å². The van der Waals surface area contributed by atoms with E-state index in [1.807, 2.05) is 17.9 Å². The first kappa shape index (κ1) is 13.0. The van der Waals surface area contributed by atoms with Gasteiger partial charge in [-0.3, -0.25) is 4.79 Å². The van der Waals surface area contributed by atoms with E-state index in [0.717, 1.165) is 12.2 Å². The minimum absolute atomic E-state index is 0.110. The van der Waals surface area contributed by atoms with Crippen molar-refractivity contribution in [1.82, 2.24) is 14.9 Å². The normalized spacial score (nSPS) is 24.1. The molecule has 0 aliphatic carbocycles. The van der Waals surface area contributed by atoms with Crippen LogP contribution in [-0.4, -0.2) is 33.4 Å². The molecule has 2 N–H and O–H groups in total. The monoisotopic (exact) mass is 248 g/mol. The number of nitrogens with two attached hydrogens (primary N) is 1. The maximum absolute atomic E-state index is 12.0. The van der Waals surface area contributed by atoms with Crippen molar-refractivity contribution >= 4 is 5.91 Å². The second-order valence-corrected chi connectivity index (χ2v) is 5.28. The molecule has 0 aromatic carbocycles. The Hall–Kier alpha value is -1.49. The van der Waals surface area contributed by atoms with E-state index in [0.29, 0.717) is 18.2 Å². The van der Waals surface area contributed by atoms with E-state index in [1.165, 1.54) is 0 Å². The number of amides is 1. The van der Waals surface area contributed by atoms with Crippen molar-refractivity contribution in [2.24, 2.45) is 11.7 Å². The van der Waals surface area contributed by atoms with Gasteiger partial charge in [-0.2, -0.15) is 0 Å². The molecule has 2 atom stereocenters. The Balaban J connectivity index is 2.30. The minimum Gasteiger partial charge on any atom is -0.332 e. The molecule has 18 heavy (non-hydrogen) atoms. The summed E-state index contributed by atoms with van der Waals surface area (Å²) >= 11 is 0. The van der Waals surface area contributed by atoms with Gasteiger partial charge in [-0.1, -0.05) is 13.8 Å². The fraction of sp³-hybridized carbons (Fsp3) is 0.615. The largest absolute Gasteiger partial charge is 0.332 e. The van der Waals surface area contributed by atoms with Gasteiger partial charge in [0.25, 0.3) is 0 Å². The molecule has 2 rings (SSSR count). The molecule has 0 radical (unpaired) electrons. The zero-order valence-corrected chi connectivity index (χ0v) is 11.1. The van der Waals surface area contributed by atoms with E-state index in [1.54, 1.807) is 6.20 Å². The lowest BCUT2D eigenvalue weighted by atomic mass is 10.1. The van der Waals surface area contributed by atoms with Crippen molar-refractivity contribution in [3.05, 3.63) is 23.8 Å². The van der Waals surface area contributed by atoms with Crippen LogP contribution in [0.1, 0.15) is 37.8 Å². The highest BCUT2D eigenvalue weighted by Gasteiger charge is 2.39. The van der Waals surface area contributed by atoms with Crippen molar-refractivity contribution in [1.29, 1.82) is 0 Å². The van der Waals surface area contributed by atoms with Crippen LogP contribution in [0.3, 0.4) is 0 Å². The SMILES string of the molecule is Cc1nccc(C2C(N)CC(=O)N2CC(C)C)n1. The first-order valence-electron chi connectivity index (χ1n) is 6.33.